The highest BCUT2D eigenvalue weighted by Gasteiger charge is 2.13. The molecule has 118 valence electrons. The van der Waals surface area contributed by atoms with E-state index in [1.165, 1.54) is 12.8 Å². The van der Waals surface area contributed by atoms with Crippen molar-refractivity contribution in [2.75, 3.05) is 0 Å². The van der Waals surface area contributed by atoms with Crippen LogP contribution in [-0.2, 0) is 6.42 Å². The van der Waals surface area contributed by atoms with E-state index in [9.17, 15) is 0 Å². The number of fused-ring (bicyclic) bond motifs is 1. The molecule has 1 aromatic carbocycles. The van der Waals surface area contributed by atoms with Gasteiger partial charge in [-0.3, -0.25) is 4.98 Å². The second kappa shape index (κ2) is 7.24. The van der Waals surface area contributed by atoms with Crippen molar-refractivity contribution in [1.82, 2.24) is 15.0 Å². The lowest BCUT2D eigenvalue weighted by molar-refractivity contribution is 0.708. The fourth-order valence-corrected chi connectivity index (χ4v) is 2.83. The summed E-state index contributed by atoms with van der Waals surface area (Å²) in [6.45, 7) is 2.19. The normalized spacial score (nSPS) is 11.1. The van der Waals surface area contributed by atoms with Crippen molar-refractivity contribution in [2.45, 2.75) is 32.6 Å². The monoisotopic (exact) mass is 345 g/mol. The maximum atomic E-state index is 6.11. The maximum Gasteiger partial charge on any atom is 0.111 e. The van der Waals surface area contributed by atoms with Crippen molar-refractivity contribution in [3.8, 4) is 11.4 Å². The lowest BCUT2D eigenvalue weighted by atomic mass is 10.1. The van der Waals surface area contributed by atoms with Crippen LogP contribution >= 0.6 is 23.2 Å². The highest BCUT2D eigenvalue weighted by Crippen LogP contribution is 2.29. The van der Waals surface area contributed by atoms with Crippen LogP contribution in [-0.4, -0.2) is 15.0 Å². The molecule has 0 saturated heterocycles. The van der Waals surface area contributed by atoms with Crippen LogP contribution in [0.5, 0.6) is 0 Å². The molecular formula is C18H17Cl2N3. The standard InChI is InChI=1S/C18H17Cl2N3/c1-2-3-4-8-15-18(14-7-5-6-9-21-14)23-17-11-13(20)12(19)10-16(17)22-15/h5-7,9-11H,2-4,8H2,1H3. The van der Waals surface area contributed by atoms with E-state index in [1.807, 2.05) is 18.2 Å². The molecular weight excluding hydrogens is 329 g/mol. The van der Waals surface area contributed by atoms with Crippen molar-refractivity contribution >= 4 is 34.2 Å². The van der Waals surface area contributed by atoms with E-state index < -0.39 is 0 Å². The molecule has 0 aliphatic carbocycles. The Bertz CT molecular complexity index is 819. The molecule has 5 heteroatoms. The molecule has 0 unspecified atom stereocenters. The second-order valence-electron chi connectivity index (χ2n) is 5.45. The number of aromatic nitrogens is 3. The van der Waals surface area contributed by atoms with E-state index in [1.54, 1.807) is 18.3 Å². The summed E-state index contributed by atoms with van der Waals surface area (Å²) in [5.41, 5.74) is 4.12. The van der Waals surface area contributed by atoms with Crippen LogP contribution in [0.2, 0.25) is 10.0 Å². The molecule has 3 aromatic rings. The van der Waals surface area contributed by atoms with Gasteiger partial charge in [0.1, 0.15) is 5.69 Å². The number of benzene rings is 1. The van der Waals surface area contributed by atoms with E-state index >= 15 is 0 Å². The Morgan fingerprint density at radius 2 is 1.70 bits per heavy atom. The van der Waals surface area contributed by atoms with Gasteiger partial charge < -0.3 is 0 Å². The van der Waals surface area contributed by atoms with Gasteiger partial charge in [0.25, 0.3) is 0 Å². The molecule has 0 radical (unpaired) electrons. The lowest BCUT2D eigenvalue weighted by Gasteiger charge is -2.10. The first-order valence-electron chi connectivity index (χ1n) is 7.76. The topological polar surface area (TPSA) is 38.7 Å². The molecule has 0 N–H and O–H groups in total. The zero-order valence-corrected chi connectivity index (χ0v) is 14.4. The van der Waals surface area contributed by atoms with Crippen molar-refractivity contribution in [3.63, 3.8) is 0 Å². The molecule has 23 heavy (non-hydrogen) atoms. The minimum Gasteiger partial charge on any atom is -0.255 e. The van der Waals surface area contributed by atoms with Crippen LogP contribution in [0.4, 0.5) is 0 Å². The minimum absolute atomic E-state index is 0.485. The molecule has 2 aromatic heterocycles. The van der Waals surface area contributed by atoms with Crippen molar-refractivity contribution in [3.05, 3.63) is 52.3 Å². The minimum atomic E-state index is 0.485. The van der Waals surface area contributed by atoms with E-state index in [4.69, 9.17) is 33.2 Å². The van der Waals surface area contributed by atoms with Gasteiger partial charge in [0.05, 0.1) is 32.5 Å². The number of aryl methyl sites for hydroxylation is 1. The van der Waals surface area contributed by atoms with Crippen LogP contribution in [0.15, 0.2) is 36.5 Å². The molecule has 0 aliphatic heterocycles. The van der Waals surface area contributed by atoms with E-state index in [2.05, 4.69) is 11.9 Å². The zero-order chi connectivity index (χ0) is 16.2. The van der Waals surface area contributed by atoms with Crippen LogP contribution in [0.3, 0.4) is 0 Å². The molecule has 0 aliphatic rings. The molecule has 0 spiro atoms. The summed E-state index contributed by atoms with van der Waals surface area (Å²) in [6, 6.07) is 9.34. The third-order valence-corrected chi connectivity index (χ3v) is 4.43. The van der Waals surface area contributed by atoms with Gasteiger partial charge in [-0.15, -0.1) is 0 Å². The first kappa shape index (κ1) is 16.2. The average Bonchev–Trinajstić information content (AvgIpc) is 2.57. The number of hydrogen-bond acceptors (Lipinski definition) is 3. The SMILES string of the molecule is CCCCCc1nc2cc(Cl)c(Cl)cc2nc1-c1ccccn1. The number of halogens is 2. The summed E-state index contributed by atoms with van der Waals surface area (Å²) < 4.78 is 0. The van der Waals surface area contributed by atoms with Gasteiger partial charge in [0.2, 0.25) is 0 Å². The summed E-state index contributed by atoms with van der Waals surface area (Å²) in [5.74, 6) is 0. The Hall–Kier alpha value is -1.71. The molecule has 0 amide bonds. The van der Waals surface area contributed by atoms with E-state index in [0.717, 1.165) is 41.0 Å². The van der Waals surface area contributed by atoms with Crippen molar-refractivity contribution < 1.29 is 0 Å². The molecule has 3 nitrogen and oxygen atoms in total. The largest absolute Gasteiger partial charge is 0.255 e. The van der Waals surface area contributed by atoms with Crippen molar-refractivity contribution in [1.29, 1.82) is 0 Å². The van der Waals surface area contributed by atoms with Crippen molar-refractivity contribution in [2.24, 2.45) is 0 Å². The second-order valence-corrected chi connectivity index (χ2v) is 6.26. The fourth-order valence-electron chi connectivity index (χ4n) is 2.51. The summed E-state index contributed by atoms with van der Waals surface area (Å²) in [7, 11) is 0. The number of unbranched alkanes of at least 4 members (excludes halogenated alkanes) is 2. The van der Waals surface area contributed by atoms with Gasteiger partial charge in [-0.25, -0.2) is 9.97 Å². The molecule has 3 rings (SSSR count). The van der Waals surface area contributed by atoms with Gasteiger partial charge in [-0.05, 0) is 37.1 Å². The first-order valence-corrected chi connectivity index (χ1v) is 8.51. The first-order chi connectivity index (χ1) is 11.2. The Balaban J connectivity index is 2.13. The average molecular weight is 346 g/mol. The summed E-state index contributed by atoms with van der Waals surface area (Å²) in [4.78, 5) is 14.0. The smallest absolute Gasteiger partial charge is 0.111 e. The quantitative estimate of drug-likeness (QED) is 0.554. The number of nitrogens with zero attached hydrogens (tertiary/aromatic N) is 3. The predicted octanol–water partition coefficient (Wildman–Crippen LogP) is 5.73. The van der Waals surface area contributed by atoms with Gasteiger partial charge in [0.15, 0.2) is 0 Å². The van der Waals surface area contributed by atoms with Gasteiger partial charge in [-0.2, -0.15) is 0 Å². The molecule has 0 atom stereocenters. The van der Waals surface area contributed by atoms with Crippen LogP contribution in [0.1, 0.15) is 31.9 Å². The molecule has 0 saturated carbocycles. The third kappa shape index (κ3) is 3.62. The Morgan fingerprint density at radius 1 is 0.957 bits per heavy atom. The highest BCUT2D eigenvalue weighted by molar-refractivity contribution is 6.42. The molecule has 0 bridgehead atoms. The maximum absolute atomic E-state index is 6.11. The van der Waals surface area contributed by atoms with E-state index in [-0.39, 0.29) is 0 Å². The summed E-state index contributed by atoms with van der Waals surface area (Å²) >= 11 is 12.2. The third-order valence-electron chi connectivity index (χ3n) is 3.70. The summed E-state index contributed by atoms with van der Waals surface area (Å²) in [5, 5.41) is 0.984. The fraction of sp³-hybridized carbons (Fsp3) is 0.278. The van der Waals surface area contributed by atoms with Crippen LogP contribution in [0.25, 0.3) is 22.4 Å². The molecule has 0 fully saturated rings. The number of hydrogen-bond donors (Lipinski definition) is 0. The van der Waals surface area contributed by atoms with Crippen LogP contribution in [0, 0.1) is 0 Å². The predicted molar refractivity (Wildman–Crippen MR) is 96.0 cm³/mol. The van der Waals surface area contributed by atoms with Gasteiger partial charge >= 0.3 is 0 Å². The van der Waals surface area contributed by atoms with Crippen LogP contribution < -0.4 is 0 Å². The van der Waals surface area contributed by atoms with E-state index in [0.29, 0.717) is 10.0 Å². The summed E-state index contributed by atoms with van der Waals surface area (Å²) in [6.07, 6.45) is 6.07. The Kier molecular flexibility index (Phi) is 5.09. The Labute approximate surface area is 145 Å². The number of pyridine rings is 1. The van der Waals surface area contributed by atoms with Gasteiger partial charge in [-0.1, -0.05) is 49.0 Å². The highest BCUT2D eigenvalue weighted by atomic mass is 35.5. The van der Waals surface area contributed by atoms with Gasteiger partial charge in [0, 0.05) is 6.20 Å². The number of rotatable bonds is 5. The zero-order valence-electron chi connectivity index (χ0n) is 12.9. The Morgan fingerprint density at radius 3 is 2.35 bits per heavy atom. The lowest BCUT2D eigenvalue weighted by Crippen LogP contribution is -2.01. The molecule has 2 heterocycles.